The highest BCUT2D eigenvalue weighted by Gasteiger charge is 2.28. The summed E-state index contributed by atoms with van der Waals surface area (Å²) in [6.07, 6.45) is 0.816. The molecule has 28 heavy (non-hydrogen) atoms. The third-order valence-electron chi connectivity index (χ3n) is 4.01. The highest BCUT2D eigenvalue weighted by atomic mass is 16.5. The molecule has 0 heterocycles. The van der Waals surface area contributed by atoms with E-state index in [1.807, 2.05) is 27.7 Å². The summed E-state index contributed by atoms with van der Waals surface area (Å²) in [5.41, 5.74) is 5.55. The average Bonchev–Trinajstić information content (AvgIpc) is 2.58. The van der Waals surface area contributed by atoms with E-state index in [-0.39, 0.29) is 11.8 Å². The van der Waals surface area contributed by atoms with Gasteiger partial charge in [0, 0.05) is 0 Å². The molecule has 3 amide bonds. The number of carbonyl (C=O) groups is 4. The normalized spacial score (nSPS) is 15.4. The summed E-state index contributed by atoms with van der Waals surface area (Å²) >= 11 is 0. The van der Waals surface area contributed by atoms with E-state index in [1.165, 1.54) is 21.0 Å². The molecule has 0 aliphatic heterocycles. The van der Waals surface area contributed by atoms with Crippen molar-refractivity contribution in [1.29, 1.82) is 0 Å². The Morgan fingerprint density at radius 3 is 1.64 bits per heavy atom. The first-order chi connectivity index (χ1) is 12.9. The minimum absolute atomic E-state index is 0.142. The van der Waals surface area contributed by atoms with Crippen molar-refractivity contribution in [2.24, 2.45) is 17.6 Å². The molecule has 0 aromatic heterocycles. The van der Waals surface area contributed by atoms with Crippen LogP contribution >= 0.6 is 0 Å². The van der Waals surface area contributed by atoms with Crippen LogP contribution in [0.4, 0.5) is 0 Å². The Balaban J connectivity index is 5.02. The Hall–Kier alpha value is -2.16. The Labute approximate surface area is 167 Å². The van der Waals surface area contributed by atoms with Crippen LogP contribution in [0.3, 0.4) is 0 Å². The molecule has 0 fully saturated rings. The fraction of sp³-hybridized carbons (Fsp3) is 0.789. The number of esters is 1. The van der Waals surface area contributed by atoms with Crippen molar-refractivity contribution in [3.63, 3.8) is 0 Å². The van der Waals surface area contributed by atoms with Crippen LogP contribution in [0, 0.1) is 11.8 Å². The van der Waals surface area contributed by atoms with Crippen LogP contribution in [-0.2, 0) is 23.9 Å². The SMILES string of the molecule is COC(=O)[C@H](CC(C)C)NC(=O)[C@H](C)NC(=O)[C@H](CC(C)C)NC(=O)[C@H](C)N. The number of carbonyl (C=O) groups excluding carboxylic acids is 4. The minimum Gasteiger partial charge on any atom is -0.467 e. The van der Waals surface area contributed by atoms with Crippen molar-refractivity contribution in [1.82, 2.24) is 16.0 Å². The van der Waals surface area contributed by atoms with E-state index < -0.39 is 47.9 Å². The van der Waals surface area contributed by atoms with E-state index in [2.05, 4.69) is 16.0 Å². The molecule has 0 aliphatic rings. The highest BCUT2D eigenvalue weighted by molar-refractivity contribution is 5.93. The predicted octanol–water partition coefficient (Wildman–Crippen LogP) is 0.0731. The van der Waals surface area contributed by atoms with E-state index in [1.54, 1.807) is 0 Å². The van der Waals surface area contributed by atoms with Gasteiger partial charge in [0.05, 0.1) is 13.2 Å². The summed E-state index contributed by atoms with van der Waals surface area (Å²) < 4.78 is 4.72. The highest BCUT2D eigenvalue weighted by Crippen LogP contribution is 2.08. The quantitative estimate of drug-likeness (QED) is 0.362. The number of methoxy groups -OCH3 is 1. The number of ether oxygens (including phenoxy) is 1. The number of rotatable bonds is 11. The van der Waals surface area contributed by atoms with Crippen LogP contribution in [-0.4, -0.2) is 55.0 Å². The molecule has 0 spiro atoms. The van der Waals surface area contributed by atoms with Crippen molar-refractivity contribution in [3.8, 4) is 0 Å². The molecule has 0 bridgehead atoms. The average molecular weight is 401 g/mol. The van der Waals surface area contributed by atoms with Gasteiger partial charge in [0.2, 0.25) is 17.7 Å². The summed E-state index contributed by atoms with van der Waals surface area (Å²) in [6, 6.07) is -3.24. The van der Waals surface area contributed by atoms with Crippen molar-refractivity contribution in [2.45, 2.75) is 78.6 Å². The van der Waals surface area contributed by atoms with Gasteiger partial charge in [-0.2, -0.15) is 0 Å². The van der Waals surface area contributed by atoms with Gasteiger partial charge in [0.25, 0.3) is 0 Å². The summed E-state index contributed by atoms with van der Waals surface area (Å²) in [5.74, 6) is -1.67. The lowest BCUT2D eigenvalue weighted by Gasteiger charge is -2.24. The monoisotopic (exact) mass is 400 g/mol. The number of nitrogens with two attached hydrogens (primary N) is 1. The molecule has 9 heteroatoms. The molecule has 0 saturated heterocycles. The molecule has 0 radical (unpaired) electrons. The van der Waals surface area contributed by atoms with Gasteiger partial charge in [-0.15, -0.1) is 0 Å². The van der Waals surface area contributed by atoms with Crippen LogP contribution in [0.15, 0.2) is 0 Å². The first kappa shape index (κ1) is 25.8. The first-order valence-corrected chi connectivity index (χ1v) is 9.63. The third-order valence-corrected chi connectivity index (χ3v) is 4.01. The van der Waals surface area contributed by atoms with Gasteiger partial charge < -0.3 is 26.4 Å². The van der Waals surface area contributed by atoms with E-state index in [0.717, 1.165) is 0 Å². The summed E-state index contributed by atoms with van der Waals surface area (Å²) in [6.45, 7) is 10.7. The first-order valence-electron chi connectivity index (χ1n) is 9.63. The maximum atomic E-state index is 12.6. The van der Waals surface area contributed by atoms with Crippen LogP contribution in [0.2, 0.25) is 0 Å². The zero-order chi connectivity index (χ0) is 22.0. The molecule has 0 unspecified atom stereocenters. The molecular weight excluding hydrogens is 364 g/mol. The van der Waals surface area contributed by atoms with Crippen LogP contribution in [0.1, 0.15) is 54.4 Å². The molecule has 0 aliphatic carbocycles. The number of amides is 3. The number of nitrogens with one attached hydrogen (secondary N) is 3. The second-order valence-electron chi connectivity index (χ2n) is 7.92. The zero-order valence-corrected chi connectivity index (χ0v) is 18.0. The minimum atomic E-state index is -0.895. The number of hydrogen-bond acceptors (Lipinski definition) is 6. The smallest absolute Gasteiger partial charge is 0.328 e. The summed E-state index contributed by atoms with van der Waals surface area (Å²) in [4.78, 5) is 48.7. The maximum absolute atomic E-state index is 12.6. The van der Waals surface area contributed by atoms with Crippen LogP contribution in [0.25, 0.3) is 0 Å². The molecule has 5 N–H and O–H groups in total. The Kier molecular flexibility index (Phi) is 11.4. The third kappa shape index (κ3) is 9.68. The van der Waals surface area contributed by atoms with E-state index in [4.69, 9.17) is 10.5 Å². The molecule has 0 saturated carbocycles. The van der Waals surface area contributed by atoms with Crippen molar-refractivity contribution < 1.29 is 23.9 Å². The molecule has 0 aromatic rings. The Morgan fingerprint density at radius 1 is 0.750 bits per heavy atom. The molecular formula is C19H36N4O5. The van der Waals surface area contributed by atoms with Crippen molar-refractivity contribution in [3.05, 3.63) is 0 Å². The lowest BCUT2D eigenvalue weighted by Crippen LogP contribution is -2.56. The van der Waals surface area contributed by atoms with Gasteiger partial charge >= 0.3 is 5.97 Å². The van der Waals surface area contributed by atoms with Gasteiger partial charge in [-0.25, -0.2) is 4.79 Å². The summed E-state index contributed by atoms with van der Waals surface area (Å²) in [5, 5.41) is 7.80. The van der Waals surface area contributed by atoms with Gasteiger partial charge in [0.15, 0.2) is 0 Å². The Morgan fingerprint density at radius 2 is 1.21 bits per heavy atom. The Bertz CT molecular complexity index is 548. The largest absolute Gasteiger partial charge is 0.467 e. The molecule has 4 atom stereocenters. The molecule has 0 rings (SSSR count). The maximum Gasteiger partial charge on any atom is 0.328 e. The van der Waals surface area contributed by atoms with Crippen LogP contribution in [0.5, 0.6) is 0 Å². The number of hydrogen-bond donors (Lipinski definition) is 4. The van der Waals surface area contributed by atoms with E-state index in [0.29, 0.717) is 12.8 Å². The van der Waals surface area contributed by atoms with Crippen molar-refractivity contribution in [2.75, 3.05) is 7.11 Å². The van der Waals surface area contributed by atoms with Gasteiger partial charge in [-0.3, -0.25) is 14.4 Å². The summed E-state index contributed by atoms with van der Waals surface area (Å²) in [7, 11) is 1.25. The van der Waals surface area contributed by atoms with Crippen molar-refractivity contribution >= 4 is 23.7 Å². The topological polar surface area (TPSA) is 140 Å². The van der Waals surface area contributed by atoms with E-state index in [9.17, 15) is 19.2 Å². The van der Waals surface area contributed by atoms with Gasteiger partial charge in [0.1, 0.15) is 18.1 Å². The second-order valence-corrected chi connectivity index (χ2v) is 7.92. The van der Waals surface area contributed by atoms with Gasteiger partial charge in [-0.05, 0) is 38.5 Å². The lowest BCUT2D eigenvalue weighted by atomic mass is 10.0. The fourth-order valence-corrected chi connectivity index (χ4v) is 2.51. The van der Waals surface area contributed by atoms with Crippen LogP contribution < -0.4 is 21.7 Å². The fourth-order valence-electron chi connectivity index (χ4n) is 2.51. The van der Waals surface area contributed by atoms with Gasteiger partial charge in [-0.1, -0.05) is 27.7 Å². The molecule has 9 nitrogen and oxygen atoms in total. The standard InChI is InChI=1S/C19H36N4O5/c1-10(2)8-14(22-16(24)12(5)20)18(26)21-13(6)17(25)23-15(9-11(3)4)19(27)28-7/h10-15H,8-9,20H2,1-7H3,(H,21,26)(H,22,24)(H,23,25)/t12-,13-,14-,15-/m0/s1. The lowest BCUT2D eigenvalue weighted by molar-refractivity contribution is -0.145. The molecule has 162 valence electrons. The molecule has 0 aromatic carbocycles. The van der Waals surface area contributed by atoms with E-state index >= 15 is 0 Å². The second kappa shape index (κ2) is 12.3. The predicted molar refractivity (Wildman–Crippen MR) is 106 cm³/mol. The zero-order valence-electron chi connectivity index (χ0n) is 18.0.